The van der Waals surface area contributed by atoms with Crippen LogP contribution in [0.1, 0.15) is 51.0 Å². The van der Waals surface area contributed by atoms with Crippen molar-refractivity contribution in [1.82, 2.24) is 5.32 Å². The van der Waals surface area contributed by atoms with Gasteiger partial charge in [-0.25, -0.2) is 0 Å². The molecule has 0 heterocycles. The third-order valence-corrected chi connectivity index (χ3v) is 4.88. The number of halogens is 1. The van der Waals surface area contributed by atoms with Crippen LogP contribution < -0.4 is 11.1 Å². The highest BCUT2D eigenvalue weighted by molar-refractivity contribution is 9.10. The molecule has 116 valence electrons. The molecule has 3 nitrogen and oxygen atoms in total. The van der Waals surface area contributed by atoms with Gasteiger partial charge in [-0.1, -0.05) is 47.3 Å². The standard InChI is InChI=1S/C17H25BrN2O/c1-13(5-6-14-7-9-15(18)10-8-14)20-16(21)17(19)11-3-2-4-12-17/h7-10,13H,2-6,11-12,19H2,1H3,(H,20,21). The molecule has 4 heteroatoms. The second-order valence-corrected chi connectivity index (χ2v) is 7.17. The van der Waals surface area contributed by atoms with Gasteiger partial charge in [-0.2, -0.15) is 0 Å². The third kappa shape index (κ3) is 4.82. The van der Waals surface area contributed by atoms with E-state index in [4.69, 9.17) is 5.73 Å². The fraction of sp³-hybridized carbons (Fsp3) is 0.588. The summed E-state index contributed by atoms with van der Waals surface area (Å²) in [5.74, 6) is 0.0329. The molecule has 0 spiro atoms. The second kappa shape index (κ2) is 7.41. The Hall–Kier alpha value is -0.870. The number of rotatable bonds is 5. The van der Waals surface area contributed by atoms with E-state index in [9.17, 15) is 4.79 Å². The molecule has 1 aliphatic carbocycles. The molecule has 2 rings (SSSR count). The van der Waals surface area contributed by atoms with Crippen molar-refractivity contribution in [2.24, 2.45) is 5.73 Å². The number of carbonyl (C=O) groups is 1. The van der Waals surface area contributed by atoms with Crippen LogP contribution >= 0.6 is 15.9 Å². The first-order valence-electron chi connectivity index (χ1n) is 7.84. The Labute approximate surface area is 135 Å². The maximum absolute atomic E-state index is 12.3. The zero-order valence-corrected chi connectivity index (χ0v) is 14.3. The molecule has 0 aromatic heterocycles. The summed E-state index contributed by atoms with van der Waals surface area (Å²) in [5, 5.41) is 3.10. The van der Waals surface area contributed by atoms with E-state index in [1.165, 1.54) is 12.0 Å². The lowest BCUT2D eigenvalue weighted by Crippen LogP contribution is -2.56. The molecule has 1 saturated carbocycles. The SMILES string of the molecule is CC(CCc1ccc(Br)cc1)NC(=O)C1(N)CCCCC1. The fourth-order valence-corrected chi connectivity index (χ4v) is 3.15. The van der Waals surface area contributed by atoms with Crippen LogP contribution in [0.2, 0.25) is 0 Å². The Morgan fingerprint density at radius 3 is 2.52 bits per heavy atom. The van der Waals surface area contributed by atoms with Gasteiger partial charge in [0.2, 0.25) is 5.91 Å². The highest BCUT2D eigenvalue weighted by Gasteiger charge is 2.35. The van der Waals surface area contributed by atoms with E-state index < -0.39 is 5.54 Å². The number of carbonyl (C=O) groups excluding carboxylic acids is 1. The number of aryl methyl sites for hydroxylation is 1. The van der Waals surface area contributed by atoms with E-state index in [1.54, 1.807) is 0 Å². The van der Waals surface area contributed by atoms with E-state index in [1.807, 2.05) is 0 Å². The summed E-state index contributed by atoms with van der Waals surface area (Å²) in [6.45, 7) is 2.06. The van der Waals surface area contributed by atoms with E-state index in [2.05, 4.69) is 52.4 Å². The van der Waals surface area contributed by atoms with Gasteiger partial charge in [0, 0.05) is 10.5 Å². The molecule has 1 atom stereocenters. The summed E-state index contributed by atoms with van der Waals surface area (Å²) in [4.78, 5) is 12.3. The first kappa shape index (κ1) is 16.5. The molecule has 1 aromatic carbocycles. The van der Waals surface area contributed by atoms with Gasteiger partial charge in [0.1, 0.15) is 0 Å². The van der Waals surface area contributed by atoms with Crippen LogP contribution in [0.5, 0.6) is 0 Å². The van der Waals surface area contributed by atoms with Crippen molar-refractivity contribution in [2.45, 2.75) is 63.5 Å². The van der Waals surface area contributed by atoms with Crippen molar-refractivity contribution in [3.8, 4) is 0 Å². The van der Waals surface area contributed by atoms with E-state index in [-0.39, 0.29) is 11.9 Å². The van der Waals surface area contributed by atoms with Crippen molar-refractivity contribution in [3.05, 3.63) is 34.3 Å². The maximum atomic E-state index is 12.3. The summed E-state index contributed by atoms with van der Waals surface area (Å²) in [6, 6.07) is 8.49. The molecule has 3 N–H and O–H groups in total. The van der Waals surface area contributed by atoms with Crippen molar-refractivity contribution in [3.63, 3.8) is 0 Å². The number of nitrogens with one attached hydrogen (secondary N) is 1. The molecule has 1 aliphatic rings. The molecule has 0 radical (unpaired) electrons. The van der Waals surface area contributed by atoms with Crippen LogP contribution in [-0.2, 0) is 11.2 Å². The second-order valence-electron chi connectivity index (χ2n) is 6.26. The molecule has 0 saturated heterocycles. The lowest BCUT2D eigenvalue weighted by Gasteiger charge is -2.33. The number of hydrogen-bond acceptors (Lipinski definition) is 2. The van der Waals surface area contributed by atoms with Gasteiger partial charge >= 0.3 is 0 Å². The van der Waals surface area contributed by atoms with Crippen molar-refractivity contribution >= 4 is 21.8 Å². The summed E-state index contributed by atoms with van der Waals surface area (Å²) < 4.78 is 1.09. The summed E-state index contributed by atoms with van der Waals surface area (Å²) >= 11 is 3.44. The number of amides is 1. The number of nitrogens with two attached hydrogens (primary N) is 1. The zero-order chi connectivity index (χ0) is 15.3. The van der Waals surface area contributed by atoms with Crippen LogP contribution in [-0.4, -0.2) is 17.5 Å². The Balaban J connectivity index is 1.79. The quantitative estimate of drug-likeness (QED) is 0.851. The number of benzene rings is 1. The lowest BCUT2D eigenvalue weighted by molar-refractivity contribution is -0.128. The average molecular weight is 353 g/mol. The monoisotopic (exact) mass is 352 g/mol. The predicted octanol–water partition coefficient (Wildman–Crippen LogP) is 3.55. The highest BCUT2D eigenvalue weighted by Crippen LogP contribution is 2.26. The van der Waals surface area contributed by atoms with Crippen LogP contribution in [0.15, 0.2) is 28.7 Å². The van der Waals surface area contributed by atoms with Crippen LogP contribution in [0.4, 0.5) is 0 Å². The Morgan fingerprint density at radius 1 is 1.29 bits per heavy atom. The van der Waals surface area contributed by atoms with Gasteiger partial charge in [-0.05, 0) is 50.3 Å². The average Bonchev–Trinajstić information content (AvgIpc) is 2.47. The smallest absolute Gasteiger partial charge is 0.240 e. The maximum Gasteiger partial charge on any atom is 0.240 e. The van der Waals surface area contributed by atoms with E-state index >= 15 is 0 Å². The van der Waals surface area contributed by atoms with Crippen molar-refractivity contribution in [1.29, 1.82) is 0 Å². The first-order valence-corrected chi connectivity index (χ1v) is 8.63. The molecular weight excluding hydrogens is 328 g/mol. The van der Waals surface area contributed by atoms with Crippen LogP contribution in [0.25, 0.3) is 0 Å². The van der Waals surface area contributed by atoms with Crippen molar-refractivity contribution in [2.75, 3.05) is 0 Å². The zero-order valence-electron chi connectivity index (χ0n) is 12.7. The Kier molecular flexibility index (Phi) is 5.82. The fourth-order valence-electron chi connectivity index (χ4n) is 2.88. The molecule has 1 aromatic rings. The van der Waals surface area contributed by atoms with Crippen LogP contribution in [0, 0.1) is 0 Å². The van der Waals surface area contributed by atoms with Gasteiger partial charge in [-0.15, -0.1) is 0 Å². The predicted molar refractivity (Wildman–Crippen MR) is 90.1 cm³/mol. The van der Waals surface area contributed by atoms with Crippen molar-refractivity contribution < 1.29 is 4.79 Å². The van der Waals surface area contributed by atoms with Gasteiger partial charge in [0.25, 0.3) is 0 Å². The molecule has 0 aliphatic heterocycles. The minimum absolute atomic E-state index is 0.0329. The topological polar surface area (TPSA) is 55.1 Å². The largest absolute Gasteiger partial charge is 0.352 e. The molecule has 1 fully saturated rings. The molecular formula is C17H25BrN2O. The summed E-state index contributed by atoms with van der Waals surface area (Å²) in [7, 11) is 0. The summed E-state index contributed by atoms with van der Waals surface area (Å²) in [5.41, 5.74) is 6.91. The lowest BCUT2D eigenvalue weighted by atomic mass is 9.81. The van der Waals surface area contributed by atoms with Crippen LogP contribution in [0.3, 0.4) is 0 Å². The molecule has 1 amide bonds. The van der Waals surface area contributed by atoms with Gasteiger partial charge in [0.15, 0.2) is 0 Å². The minimum Gasteiger partial charge on any atom is -0.352 e. The van der Waals surface area contributed by atoms with E-state index in [0.29, 0.717) is 0 Å². The van der Waals surface area contributed by atoms with E-state index in [0.717, 1.165) is 43.0 Å². The van der Waals surface area contributed by atoms with Gasteiger partial charge < -0.3 is 11.1 Å². The first-order chi connectivity index (χ1) is 9.99. The highest BCUT2D eigenvalue weighted by atomic mass is 79.9. The third-order valence-electron chi connectivity index (χ3n) is 4.35. The Morgan fingerprint density at radius 2 is 1.90 bits per heavy atom. The Bertz CT molecular complexity index is 466. The molecule has 21 heavy (non-hydrogen) atoms. The normalized spacial score (nSPS) is 19.0. The van der Waals surface area contributed by atoms with Gasteiger partial charge in [0.05, 0.1) is 5.54 Å². The molecule has 0 bridgehead atoms. The molecule has 1 unspecified atom stereocenters. The number of hydrogen-bond donors (Lipinski definition) is 2. The summed E-state index contributed by atoms with van der Waals surface area (Å²) in [6.07, 6.45) is 6.87. The minimum atomic E-state index is -0.635. The van der Waals surface area contributed by atoms with Gasteiger partial charge in [-0.3, -0.25) is 4.79 Å².